The molecule has 4 N–H and O–H groups in total. The molecule has 8 nitrogen and oxygen atoms in total. The highest BCUT2D eigenvalue weighted by Gasteiger charge is 2.35. The summed E-state index contributed by atoms with van der Waals surface area (Å²) in [5.74, 6) is -0.143. The lowest BCUT2D eigenvalue weighted by Gasteiger charge is -2.14. The van der Waals surface area contributed by atoms with Crippen LogP contribution in [0.2, 0.25) is 0 Å². The summed E-state index contributed by atoms with van der Waals surface area (Å²) >= 11 is 0. The average molecular weight is 252 g/mol. The fraction of sp³-hybridized carbons (Fsp3) is 0.500. The molecule has 0 aromatic carbocycles. The quantitative estimate of drug-likeness (QED) is 0.573. The van der Waals surface area contributed by atoms with Crippen LogP contribution in [-0.2, 0) is 4.74 Å². The van der Waals surface area contributed by atoms with Crippen molar-refractivity contribution in [3.8, 4) is 6.07 Å². The van der Waals surface area contributed by atoms with Gasteiger partial charge in [0.05, 0.1) is 12.7 Å². The predicted octanol–water partition coefficient (Wildman–Crippen LogP) is -1.66. The number of rotatable bonds is 2. The van der Waals surface area contributed by atoms with Crippen LogP contribution in [0, 0.1) is 11.3 Å². The highest BCUT2D eigenvalue weighted by molar-refractivity contribution is 5.45. The second kappa shape index (κ2) is 4.73. The lowest BCUT2D eigenvalue weighted by atomic mass is 10.2. The first-order valence-electron chi connectivity index (χ1n) is 5.30. The molecule has 3 atom stereocenters. The maximum Gasteiger partial charge on any atom is 0.351 e. The van der Waals surface area contributed by atoms with Crippen LogP contribution in [0.3, 0.4) is 0 Å². The molecule has 0 saturated carbocycles. The third kappa shape index (κ3) is 2.06. The maximum absolute atomic E-state index is 11.6. The molecule has 1 aliphatic rings. The molecule has 0 amide bonds. The van der Waals surface area contributed by atoms with Crippen molar-refractivity contribution in [2.75, 3.05) is 12.3 Å². The van der Waals surface area contributed by atoms with Crippen molar-refractivity contribution in [1.29, 1.82) is 5.26 Å². The van der Waals surface area contributed by atoms with E-state index in [1.54, 1.807) is 0 Å². The van der Waals surface area contributed by atoms with Gasteiger partial charge < -0.3 is 20.7 Å². The summed E-state index contributed by atoms with van der Waals surface area (Å²) in [5, 5.41) is 27.3. The van der Waals surface area contributed by atoms with Gasteiger partial charge in [-0.25, -0.2) is 4.79 Å². The molecule has 2 rings (SSSR count). The van der Waals surface area contributed by atoms with Gasteiger partial charge in [0.25, 0.3) is 0 Å². The summed E-state index contributed by atoms with van der Waals surface area (Å²) < 4.78 is 6.39. The molecule has 96 valence electrons. The van der Waals surface area contributed by atoms with E-state index in [9.17, 15) is 9.90 Å². The molecular weight excluding hydrogens is 240 g/mol. The van der Waals surface area contributed by atoms with Gasteiger partial charge in [0.2, 0.25) is 0 Å². The number of nitriles is 1. The molecule has 1 fully saturated rings. The Hall–Kier alpha value is -1.95. The average Bonchev–Trinajstić information content (AvgIpc) is 2.70. The molecule has 0 radical (unpaired) electrons. The van der Waals surface area contributed by atoms with Gasteiger partial charge in [-0.15, -0.1) is 0 Å². The van der Waals surface area contributed by atoms with E-state index in [0.29, 0.717) is 0 Å². The number of nitrogens with zero attached hydrogens (tertiary/aromatic N) is 3. The molecule has 3 unspecified atom stereocenters. The zero-order valence-electron chi connectivity index (χ0n) is 9.35. The van der Waals surface area contributed by atoms with Gasteiger partial charge in [-0.1, -0.05) is 0 Å². The molecule has 0 spiro atoms. The van der Waals surface area contributed by atoms with Crippen molar-refractivity contribution in [3.63, 3.8) is 0 Å². The van der Waals surface area contributed by atoms with Crippen LogP contribution in [0.5, 0.6) is 0 Å². The number of nitrogens with two attached hydrogens (primary N) is 1. The number of hydrogen-bond acceptors (Lipinski definition) is 7. The first-order valence-corrected chi connectivity index (χ1v) is 5.30. The van der Waals surface area contributed by atoms with E-state index < -0.39 is 24.1 Å². The van der Waals surface area contributed by atoms with Crippen LogP contribution in [0.15, 0.2) is 11.0 Å². The third-order valence-corrected chi connectivity index (χ3v) is 2.80. The van der Waals surface area contributed by atoms with E-state index in [0.717, 1.165) is 4.57 Å². The normalized spacial score (nSPS) is 27.1. The number of aliphatic hydroxyl groups is 2. The number of hydrogen-bond donors (Lipinski definition) is 3. The van der Waals surface area contributed by atoms with Crippen LogP contribution >= 0.6 is 0 Å². The van der Waals surface area contributed by atoms with Gasteiger partial charge in [-0.2, -0.15) is 10.2 Å². The predicted molar refractivity (Wildman–Crippen MR) is 59.2 cm³/mol. The van der Waals surface area contributed by atoms with Crippen LogP contribution in [0.25, 0.3) is 0 Å². The van der Waals surface area contributed by atoms with Gasteiger partial charge >= 0.3 is 5.69 Å². The summed E-state index contributed by atoms with van der Waals surface area (Å²) in [6, 6.07) is 1.81. The topological polar surface area (TPSA) is 134 Å². The second-order valence-electron chi connectivity index (χ2n) is 3.96. The van der Waals surface area contributed by atoms with Gasteiger partial charge in [-0.3, -0.25) is 4.57 Å². The highest BCUT2D eigenvalue weighted by atomic mass is 16.5. The molecule has 18 heavy (non-hydrogen) atoms. The minimum Gasteiger partial charge on any atom is -0.394 e. The van der Waals surface area contributed by atoms with E-state index in [1.165, 1.54) is 6.20 Å². The number of nitrogen functional groups attached to an aromatic ring is 1. The highest BCUT2D eigenvalue weighted by Crippen LogP contribution is 2.27. The molecule has 1 aliphatic heterocycles. The van der Waals surface area contributed by atoms with Crippen LogP contribution < -0.4 is 11.4 Å². The van der Waals surface area contributed by atoms with Gasteiger partial charge in [-0.05, 0) is 0 Å². The second-order valence-corrected chi connectivity index (χ2v) is 3.96. The Bertz CT molecular complexity index is 550. The van der Waals surface area contributed by atoms with Crippen molar-refractivity contribution in [3.05, 3.63) is 22.2 Å². The lowest BCUT2D eigenvalue weighted by molar-refractivity contribution is -0.0458. The minimum atomic E-state index is -0.866. The smallest absolute Gasteiger partial charge is 0.351 e. The molecule has 8 heteroatoms. The zero-order chi connectivity index (χ0) is 13.3. The lowest BCUT2D eigenvalue weighted by Crippen LogP contribution is -2.28. The Morgan fingerprint density at radius 2 is 2.44 bits per heavy atom. The summed E-state index contributed by atoms with van der Waals surface area (Å²) in [6.07, 6.45) is -0.992. The van der Waals surface area contributed by atoms with Crippen molar-refractivity contribution in [2.24, 2.45) is 0 Å². The van der Waals surface area contributed by atoms with Gasteiger partial charge in [0.15, 0.2) is 0 Å². The summed E-state index contributed by atoms with van der Waals surface area (Å²) in [6.45, 7) is -0.347. The fourth-order valence-corrected chi connectivity index (χ4v) is 1.82. The summed E-state index contributed by atoms with van der Waals surface area (Å²) in [7, 11) is 0. The van der Waals surface area contributed by atoms with Crippen molar-refractivity contribution >= 4 is 5.82 Å². The van der Waals surface area contributed by atoms with Crippen LogP contribution in [0.4, 0.5) is 5.82 Å². The van der Waals surface area contributed by atoms with Crippen molar-refractivity contribution < 1.29 is 14.9 Å². The molecule has 1 aromatic heterocycles. The Balaban J connectivity index is 2.36. The zero-order valence-corrected chi connectivity index (χ0v) is 9.35. The Labute approximate surface area is 102 Å². The Morgan fingerprint density at radius 1 is 1.72 bits per heavy atom. The van der Waals surface area contributed by atoms with E-state index in [1.807, 2.05) is 6.07 Å². The molecule has 1 aromatic rings. The summed E-state index contributed by atoms with van der Waals surface area (Å²) in [5.41, 5.74) is 4.79. The number of aromatic nitrogens is 2. The standard InChI is InChI=1S/C10H12N4O4/c11-2-5-3-14(10(17)13-9(5)12)8-1-6(16)7(4-15)18-8/h3,6-8,15-16H,1,4H2,(H2,12,13,17). The van der Waals surface area contributed by atoms with Crippen LogP contribution in [0.1, 0.15) is 18.2 Å². The largest absolute Gasteiger partial charge is 0.394 e. The fourth-order valence-electron chi connectivity index (χ4n) is 1.82. The Morgan fingerprint density at radius 3 is 3.00 bits per heavy atom. The van der Waals surface area contributed by atoms with E-state index in [2.05, 4.69) is 4.98 Å². The number of anilines is 1. The molecule has 1 saturated heterocycles. The maximum atomic E-state index is 11.6. The molecular formula is C10H12N4O4. The van der Waals surface area contributed by atoms with E-state index >= 15 is 0 Å². The third-order valence-electron chi connectivity index (χ3n) is 2.80. The molecule has 2 heterocycles. The first kappa shape index (κ1) is 12.5. The van der Waals surface area contributed by atoms with Gasteiger partial charge in [0, 0.05) is 12.6 Å². The molecule has 0 bridgehead atoms. The SMILES string of the molecule is N#Cc1cn(C2CC(O)C(CO)O2)c(=O)nc1N. The number of ether oxygens (including phenoxy) is 1. The van der Waals surface area contributed by atoms with E-state index in [4.69, 9.17) is 20.8 Å². The minimum absolute atomic E-state index is 0.0557. The van der Waals surface area contributed by atoms with Gasteiger partial charge in [0.1, 0.15) is 29.8 Å². The first-order chi connectivity index (χ1) is 8.56. The van der Waals surface area contributed by atoms with Crippen LogP contribution in [-0.4, -0.2) is 38.6 Å². The molecule has 0 aliphatic carbocycles. The van der Waals surface area contributed by atoms with E-state index in [-0.39, 0.29) is 24.4 Å². The number of aliphatic hydroxyl groups excluding tert-OH is 2. The monoisotopic (exact) mass is 252 g/mol. The summed E-state index contributed by atoms with van der Waals surface area (Å²) in [4.78, 5) is 15.1. The Kier molecular flexibility index (Phi) is 3.29. The van der Waals surface area contributed by atoms with Crippen molar-refractivity contribution in [2.45, 2.75) is 24.9 Å². The van der Waals surface area contributed by atoms with Crippen molar-refractivity contribution in [1.82, 2.24) is 9.55 Å².